The van der Waals surface area contributed by atoms with Gasteiger partial charge in [0.2, 0.25) is 0 Å². The van der Waals surface area contributed by atoms with Gasteiger partial charge in [-0.05, 0) is 6.07 Å². The highest BCUT2D eigenvalue weighted by Crippen LogP contribution is 2.15. The molecule has 58 valence electrons. The van der Waals surface area contributed by atoms with Crippen molar-refractivity contribution in [2.75, 3.05) is 0 Å². The Morgan fingerprint density at radius 1 is 1.50 bits per heavy atom. The van der Waals surface area contributed by atoms with Gasteiger partial charge in [-0.25, -0.2) is 4.39 Å². The third-order valence-electron chi connectivity index (χ3n) is 1.61. The third-order valence-corrected chi connectivity index (χ3v) is 1.61. The lowest BCUT2D eigenvalue weighted by Crippen LogP contribution is -1.79. The van der Waals surface area contributed by atoms with Crippen molar-refractivity contribution < 1.29 is 4.39 Å². The molecule has 4 heteroatoms. The van der Waals surface area contributed by atoms with Gasteiger partial charge in [-0.1, -0.05) is 0 Å². The minimum atomic E-state index is -0.436. The van der Waals surface area contributed by atoms with Crippen LogP contribution in [-0.2, 0) is 0 Å². The summed E-state index contributed by atoms with van der Waals surface area (Å²) < 4.78 is 12.9. The molecule has 2 heterocycles. The molecule has 1 N–H and O–H groups in total. The van der Waals surface area contributed by atoms with Crippen LogP contribution in [0.2, 0.25) is 0 Å². The SMILES string of the molecule is N#Cc1cc2cncc(F)c2[nH]1. The van der Waals surface area contributed by atoms with Gasteiger partial charge in [-0.15, -0.1) is 0 Å². The second kappa shape index (κ2) is 2.31. The van der Waals surface area contributed by atoms with Crippen LogP contribution >= 0.6 is 0 Å². The first kappa shape index (κ1) is 6.80. The second-order valence-electron chi connectivity index (χ2n) is 2.38. The minimum absolute atomic E-state index is 0.335. The molecule has 2 aromatic heterocycles. The summed E-state index contributed by atoms with van der Waals surface area (Å²) in [5.41, 5.74) is 0.679. The first-order valence-electron chi connectivity index (χ1n) is 3.33. The summed E-state index contributed by atoms with van der Waals surface area (Å²) in [6.45, 7) is 0. The van der Waals surface area contributed by atoms with Crippen LogP contribution < -0.4 is 0 Å². The van der Waals surface area contributed by atoms with Gasteiger partial charge in [-0.2, -0.15) is 5.26 Å². The van der Waals surface area contributed by atoms with Crippen molar-refractivity contribution >= 4 is 10.9 Å². The fourth-order valence-corrected chi connectivity index (χ4v) is 1.08. The average molecular weight is 161 g/mol. The van der Waals surface area contributed by atoms with E-state index in [1.54, 1.807) is 6.07 Å². The molecule has 0 aliphatic rings. The van der Waals surface area contributed by atoms with Crippen molar-refractivity contribution in [1.82, 2.24) is 9.97 Å². The summed E-state index contributed by atoms with van der Waals surface area (Å²) in [5, 5.41) is 9.12. The number of aromatic amines is 1. The Balaban J connectivity index is 2.85. The molecule has 0 saturated carbocycles. The van der Waals surface area contributed by atoms with Crippen LogP contribution in [0.15, 0.2) is 18.5 Å². The maximum atomic E-state index is 12.9. The summed E-state index contributed by atoms with van der Waals surface area (Å²) in [4.78, 5) is 6.29. The fourth-order valence-electron chi connectivity index (χ4n) is 1.08. The van der Waals surface area contributed by atoms with Gasteiger partial charge < -0.3 is 4.98 Å². The molecule has 0 aliphatic carbocycles. The van der Waals surface area contributed by atoms with Crippen LogP contribution in [0.25, 0.3) is 10.9 Å². The molecule has 0 radical (unpaired) electrons. The standard InChI is InChI=1S/C8H4FN3/c9-7-4-11-3-5-1-6(2-10)12-8(5)7/h1,3-4,12H. The number of H-pyrrole nitrogens is 1. The number of pyridine rings is 1. The van der Waals surface area contributed by atoms with Gasteiger partial charge >= 0.3 is 0 Å². The molecular formula is C8H4FN3. The van der Waals surface area contributed by atoms with Gasteiger partial charge in [0.15, 0.2) is 5.82 Å². The topological polar surface area (TPSA) is 52.5 Å². The number of aromatic nitrogens is 2. The Hall–Kier alpha value is -1.89. The molecule has 0 atom stereocenters. The molecule has 0 unspecified atom stereocenters. The van der Waals surface area contributed by atoms with E-state index in [2.05, 4.69) is 9.97 Å². The lowest BCUT2D eigenvalue weighted by Gasteiger charge is -1.88. The van der Waals surface area contributed by atoms with Gasteiger partial charge in [0, 0.05) is 11.6 Å². The third kappa shape index (κ3) is 0.839. The van der Waals surface area contributed by atoms with E-state index in [-0.39, 0.29) is 0 Å². The number of hydrogen-bond acceptors (Lipinski definition) is 2. The van der Waals surface area contributed by atoms with E-state index < -0.39 is 5.82 Å². The zero-order valence-electron chi connectivity index (χ0n) is 6.00. The van der Waals surface area contributed by atoms with Crippen LogP contribution in [0, 0.1) is 17.1 Å². The van der Waals surface area contributed by atoms with Crippen LogP contribution in [0.1, 0.15) is 5.69 Å². The first-order valence-corrected chi connectivity index (χ1v) is 3.33. The monoisotopic (exact) mass is 161 g/mol. The highest BCUT2D eigenvalue weighted by molar-refractivity contribution is 5.80. The van der Waals surface area contributed by atoms with E-state index in [0.717, 1.165) is 6.20 Å². The quantitative estimate of drug-likeness (QED) is 0.637. The van der Waals surface area contributed by atoms with Gasteiger partial charge in [0.05, 0.1) is 11.7 Å². The molecule has 0 aliphatic heterocycles. The molecule has 12 heavy (non-hydrogen) atoms. The van der Waals surface area contributed by atoms with Crippen LogP contribution in [-0.4, -0.2) is 9.97 Å². The normalized spacial score (nSPS) is 10.0. The van der Waals surface area contributed by atoms with Gasteiger partial charge in [-0.3, -0.25) is 4.98 Å². The summed E-state index contributed by atoms with van der Waals surface area (Å²) in [6, 6.07) is 3.45. The van der Waals surface area contributed by atoms with E-state index >= 15 is 0 Å². The highest BCUT2D eigenvalue weighted by Gasteiger charge is 2.03. The molecule has 0 amide bonds. The van der Waals surface area contributed by atoms with E-state index in [9.17, 15) is 4.39 Å². The predicted octanol–water partition coefficient (Wildman–Crippen LogP) is 1.57. The van der Waals surface area contributed by atoms with E-state index in [1.807, 2.05) is 6.07 Å². The van der Waals surface area contributed by atoms with Gasteiger partial charge in [0.1, 0.15) is 11.8 Å². The maximum absolute atomic E-state index is 12.9. The first-order chi connectivity index (χ1) is 5.81. The zero-order chi connectivity index (χ0) is 8.55. The molecule has 2 aromatic rings. The van der Waals surface area contributed by atoms with Crippen molar-refractivity contribution in [3.63, 3.8) is 0 Å². The van der Waals surface area contributed by atoms with Crippen molar-refractivity contribution in [3.8, 4) is 6.07 Å². The number of hydrogen-bond donors (Lipinski definition) is 1. The molecule has 2 rings (SSSR count). The zero-order valence-corrected chi connectivity index (χ0v) is 6.00. The Morgan fingerprint density at radius 2 is 2.33 bits per heavy atom. The Kier molecular flexibility index (Phi) is 1.31. The number of fused-ring (bicyclic) bond motifs is 1. The summed E-state index contributed by atoms with van der Waals surface area (Å²) in [7, 11) is 0. The van der Waals surface area contributed by atoms with Crippen LogP contribution in [0.4, 0.5) is 4.39 Å². The molecule has 0 aromatic carbocycles. The summed E-state index contributed by atoms with van der Waals surface area (Å²) >= 11 is 0. The number of nitrogens with one attached hydrogen (secondary N) is 1. The van der Waals surface area contributed by atoms with Crippen molar-refractivity contribution in [1.29, 1.82) is 5.26 Å². The second-order valence-corrected chi connectivity index (χ2v) is 2.38. The fraction of sp³-hybridized carbons (Fsp3) is 0. The molecular weight excluding hydrogens is 157 g/mol. The smallest absolute Gasteiger partial charge is 0.165 e. The Bertz CT molecular complexity index is 467. The highest BCUT2D eigenvalue weighted by atomic mass is 19.1. The lowest BCUT2D eigenvalue weighted by molar-refractivity contribution is 0.631. The minimum Gasteiger partial charge on any atom is -0.344 e. The molecule has 0 bridgehead atoms. The Labute approximate surface area is 67.5 Å². The van der Waals surface area contributed by atoms with Gasteiger partial charge in [0.25, 0.3) is 0 Å². The lowest BCUT2D eigenvalue weighted by atomic mass is 10.3. The number of rotatable bonds is 0. The average Bonchev–Trinajstić information content (AvgIpc) is 2.49. The van der Waals surface area contributed by atoms with E-state index in [1.165, 1.54) is 6.20 Å². The predicted molar refractivity (Wildman–Crippen MR) is 40.8 cm³/mol. The molecule has 3 nitrogen and oxygen atoms in total. The van der Waals surface area contributed by atoms with Crippen molar-refractivity contribution in [3.05, 3.63) is 30.0 Å². The Morgan fingerprint density at radius 3 is 3.00 bits per heavy atom. The summed E-state index contributed by atoms with van der Waals surface area (Å²) in [6.07, 6.45) is 2.62. The van der Waals surface area contributed by atoms with Crippen molar-refractivity contribution in [2.24, 2.45) is 0 Å². The molecule has 0 fully saturated rings. The number of halogens is 1. The number of nitriles is 1. The van der Waals surface area contributed by atoms with E-state index in [4.69, 9.17) is 5.26 Å². The summed E-state index contributed by atoms with van der Waals surface area (Å²) in [5.74, 6) is -0.436. The van der Waals surface area contributed by atoms with Crippen LogP contribution in [0.3, 0.4) is 0 Å². The number of nitrogens with zero attached hydrogens (tertiary/aromatic N) is 2. The van der Waals surface area contributed by atoms with Crippen LogP contribution in [0.5, 0.6) is 0 Å². The maximum Gasteiger partial charge on any atom is 0.165 e. The molecule has 0 saturated heterocycles. The van der Waals surface area contributed by atoms with Crippen molar-refractivity contribution in [2.45, 2.75) is 0 Å². The van der Waals surface area contributed by atoms with E-state index in [0.29, 0.717) is 16.6 Å². The largest absolute Gasteiger partial charge is 0.344 e. The molecule has 0 spiro atoms.